The van der Waals surface area contributed by atoms with Gasteiger partial charge < -0.3 is 15.7 Å². The van der Waals surface area contributed by atoms with Gasteiger partial charge >= 0.3 is 0 Å². The number of nitrogens with one attached hydrogen (secondary N) is 2. The number of anilines is 1. The van der Waals surface area contributed by atoms with Crippen LogP contribution in [-0.4, -0.2) is 29.6 Å². The molecule has 2 amide bonds. The van der Waals surface area contributed by atoms with Gasteiger partial charge in [0.25, 0.3) is 5.91 Å². The van der Waals surface area contributed by atoms with Crippen molar-refractivity contribution in [1.82, 2.24) is 5.32 Å². The summed E-state index contributed by atoms with van der Waals surface area (Å²) in [7, 11) is 0. The number of carbonyl (C=O) groups is 2. The van der Waals surface area contributed by atoms with E-state index in [2.05, 4.69) is 10.6 Å². The molecule has 2 rings (SSSR count). The van der Waals surface area contributed by atoms with E-state index >= 15 is 0 Å². The maximum absolute atomic E-state index is 13.8. The molecule has 1 aromatic carbocycles. The lowest BCUT2D eigenvalue weighted by molar-refractivity contribution is -0.116. The van der Waals surface area contributed by atoms with Gasteiger partial charge in [-0.2, -0.15) is 0 Å². The smallest absolute Gasteiger partial charge is 0.254 e. The third-order valence-electron chi connectivity index (χ3n) is 2.98. The summed E-state index contributed by atoms with van der Waals surface area (Å²) in [6, 6.07) is 2.16. The van der Waals surface area contributed by atoms with Crippen molar-refractivity contribution in [3.63, 3.8) is 0 Å². The highest BCUT2D eigenvalue weighted by Crippen LogP contribution is 2.25. The highest BCUT2D eigenvalue weighted by molar-refractivity contribution is 5.98. The molecule has 19 heavy (non-hydrogen) atoms. The van der Waals surface area contributed by atoms with Crippen molar-refractivity contribution in [2.24, 2.45) is 0 Å². The highest BCUT2D eigenvalue weighted by atomic mass is 19.1. The molecule has 0 aliphatic carbocycles. The summed E-state index contributed by atoms with van der Waals surface area (Å²) < 4.78 is 13.8. The molecule has 0 saturated carbocycles. The lowest BCUT2D eigenvalue weighted by atomic mass is 9.99. The second kappa shape index (κ2) is 5.36. The average Bonchev–Trinajstić information content (AvgIpc) is 2.37. The van der Waals surface area contributed by atoms with Crippen LogP contribution in [-0.2, 0) is 11.2 Å². The molecule has 5 nitrogen and oxygen atoms in total. The SMILES string of the molecule is CC(CO)NC(=O)c1cc2c(cc1F)NC(=O)CC2. The standard InChI is InChI=1S/C13H15FN2O3/c1-7(6-17)15-13(19)9-4-8-2-3-12(18)16-11(8)5-10(9)14/h4-5,7,17H,2-3,6H2,1H3,(H,15,19)(H,16,18). The number of benzene rings is 1. The Hall–Kier alpha value is -1.95. The summed E-state index contributed by atoms with van der Waals surface area (Å²) in [5, 5.41) is 13.9. The van der Waals surface area contributed by atoms with Crippen LogP contribution >= 0.6 is 0 Å². The molecule has 1 heterocycles. The van der Waals surface area contributed by atoms with Gasteiger partial charge in [-0.05, 0) is 31.0 Å². The van der Waals surface area contributed by atoms with Crippen molar-refractivity contribution in [2.75, 3.05) is 11.9 Å². The Balaban J connectivity index is 2.27. The average molecular weight is 266 g/mol. The van der Waals surface area contributed by atoms with Crippen LogP contribution in [0, 0.1) is 5.82 Å². The zero-order valence-corrected chi connectivity index (χ0v) is 10.5. The first kappa shape index (κ1) is 13.5. The van der Waals surface area contributed by atoms with E-state index in [0.717, 1.165) is 11.6 Å². The number of aryl methyl sites for hydroxylation is 1. The first-order valence-corrected chi connectivity index (χ1v) is 6.05. The molecule has 1 aliphatic heterocycles. The number of carbonyl (C=O) groups excluding carboxylic acids is 2. The van der Waals surface area contributed by atoms with E-state index in [1.807, 2.05) is 0 Å². The Morgan fingerprint density at radius 2 is 2.26 bits per heavy atom. The number of halogens is 1. The molecule has 6 heteroatoms. The molecule has 0 spiro atoms. The van der Waals surface area contributed by atoms with E-state index in [0.29, 0.717) is 18.5 Å². The van der Waals surface area contributed by atoms with Crippen LogP contribution in [0.5, 0.6) is 0 Å². The van der Waals surface area contributed by atoms with Crippen molar-refractivity contribution >= 4 is 17.5 Å². The third kappa shape index (κ3) is 2.90. The van der Waals surface area contributed by atoms with Crippen LogP contribution in [0.4, 0.5) is 10.1 Å². The van der Waals surface area contributed by atoms with Crippen LogP contribution in [0.1, 0.15) is 29.3 Å². The Morgan fingerprint density at radius 1 is 1.53 bits per heavy atom. The Bertz CT molecular complexity index is 531. The van der Waals surface area contributed by atoms with Crippen molar-refractivity contribution in [3.8, 4) is 0 Å². The van der Waals surface area contributed by atoms with Gasteiger partial charge in [0.05, 0.1) is 12.2 Å². The van der Waals surface area contributed by atoms with Crippen molar-refractivity contribution in [2.45, 2.75) is 25.8 Å². The lowest BCUT2D eigenvalue weighted by Crippen LogP contribution is -2.35. The quantitative estimate of drug-likeness (QED) is 0.758. The molecular formula is C13H15FN2O3. The highest BCUT2D eigenvalue weighted by Gasteiger charge is 2.21. The minimum absolute atomic E-state index is 0.0739. The molecule has 1 unspecified atom stereocenters. The van der Waals surface area contributed by atoms with Gasteiger partial charge in [-0.15, -0.1) is 0 Å². The van der Waals surface area contributed by atoms with Crippen LogP contribution in [0.2, 0.25) is 0 Å². The first-order chi connectivity index (χ1) is 9.01. The number of fused-ring (bicyclic) bond motifs is 1. The number of hydrogen-bond donors (Lipinski definition) is 3. The summed E-state index contributed by atoms with van der Waals surface area (Å²) in [6.45, 7) is 1.41. The molecule has 1 atom stereocenters. The predicted molar refractivity (Wildman–Crippen MR) is 67.4 cm³/mol. The molecule has 102 valence electrons. The molecule has 1 aromatic rings. The van der Waals surface area contributed by atoms with Gasteiger partial charge in [-0.3, -0.25) is 9.59 Å². The van der Waals surface area contributed by atoms with Crippen molar-refractivity contribution < 1.29 is 19.1 Å². The molecule has 0 saturated heterocycles. The number of hydrogen-bond acceptors (Lipinski definition) is 3. The second-order valence-corrected chi connectivity index (χ2v) is 4.59. The monoisotopic (exact) mass is 266 g/mol. The van der Waals surface area contributed by atoms with Crippen molar-refractivity contribution in [3.05, 3.63) is 29.1 Å². The summed E-state index contributed by atoms with van der Waals surface area (Å²) in [5.41, 5.74) is 1.08. The van der Waals surface area contributed by atoms with E-state index in [1.54, 1.807) is 6.92 Å². The van der Waals surface area contributed by atoms with E-state index in [9.17, 15) is 14.0 Å². The minimum Gasteiger partial charge on any atom is -0.394 e. The minimum atomic E-state index is -0.691. The van der Waals surface area contributed by atoms with E-state index in [-0.39, 0.29) is 18.1 Å². The molecule has 0 bridgehead atoms. The Kier molecular flexibility index (Phi) is 3.80. The maximum Gasteiger partial charge on any atom is 0.254 e. The fourth-order valence-electron chi connectivity index (χ4n) is 1.92. The summed E-state index contributed by atoms with van der Waals surface area (Å²) in [6.07, 6.45) is 0.810. The molecule has 0 aromatic heterocycles. The van der Waals surface area contributed by atoms with E-state index in [4.69, 9.17) is 5.11 Å². The van der Waals surface area contributed by atoms with Gasteiger partial charge in [0.2, 0.25) is 5.91 Å². The fourth-order valence-corrected chi connectivity index (χ4v) is 1.92. The number of rotatable bonds is 3. The molecule has 1 aliphatic rings. The summed E-state index contributed by atoms with van der Waals surface area (Å²) >= 11 is 0. The lowest BCUT2D eigenvalue weighted by Gasteiger charge is -2.18. The molecule has 0 radical (unpaired) electrons. The Labute approximate surface area is 109 Å². The van der Waals surface area contributed by atoms with E-state index in [1.165, 1.54) is 6.07 Å². The molecular weight excluding hydrogens is 251 g/mol. The fraction of sp³-hybridized carbons (Fsp3) is 0.385. The second-order valence-electron chi connectivity index (χ2n) is 4.59. The zero-order chi connectivity index (χ0) is 14.0. The predicted octanol–water partition coefficient (Wildman–Crippen LogP) is 0.821. The van der Waals surface area contributed by atoms with Crippen LogP contribution in [0.25, 0.3) is 0 Å². The van der Waals surface area contributed by atoms with Crippen LogP contribution < -0.4 is 10.6 Å². The van der Waals surface area contributed by atoms with Gasteiger partial charge in [0, 0.05) is 18.2 Å². The van der Waals surface area contributed by atoms with Gasteiger partial charge in [0.15, 0.2) is 0 Å². The van der Waals surface area contributed by atoms with E-state index < -0.39 is 17.8 Å². The van der Waals surface area contributed by atoms with Crippen LogP contribution in [0.3, 0.4) is 0 Å². The number of amides is 2. The molecule has 3 N–H and O–H groups in total. The first-order valence-electron chi connectivity index (χ1n) is 6.05. The normalized spacial score (nSPS) is 15.4. The maximum atomic E-state index is 13.8. The summed E-state index contributed by atoms with van der Waals surface area (Å²) in [5.74, 6) is -1.42. The zero-order valence-electron chi connectivity index (χ0n) is 10.5. The number of aliphatic hydroxyl groups excluding tert-OH is 1. The van der Waals surface area contributed by atoms with Gasteiger partial charge in [-0.25, -0.2) is 4.39 Å². The topological polar surface area (TPSA) is 78.4 Å². The number of aliphatic hydroxyl groups is 1. The van der Waals surface area contributed by atoms with Gasteiger partial charge in [0.1, 0.15) is 5.82 Å². The third-order valence-corrected chi connectivity index (χ3v) is 2.98. The largest absolute Gasteiger partial charge is 0.394 e. The van der Waals surface area contributed by atoms with Crippen LogP contribution in [0.15, 0.2) is 12.1 Å². The van der Waals surface area contributed by atoms with Crippen molar-refractivity contribution in [1.29, 1.82) is 0 Å². The van der Waals surface area contributed by atoms with Gasteiger partial charge in [-0.1, -0.05) is 0 Å². The summed E-state index contributed by atoms with van der Waals surface area (Å²) in [4.78, 5) is 23.0. The molecule has 0 fully saturated rings. The Morgan fingerprint density at radius 3 is 2.95 bits per heavy atom.